The van der Waals surface area contributed by atoms with Gasteiger partial charge in [-0.05, 0) is 5.92 Å². The van der Waals surface area contributed by atoms with Gasteiger partial charge in [0.15, 0.2) is 5.78 Å². The van der Waals surface area contributed by atoms with Gasteiger partial charge in [0.1, 0.15) is 18.8 Å². The molecule has 1 fully saturated rings. The van der Waals surface area contributed by atoms with Gasteiger partial charge in [-0.25, -0.2) is 4.98 Å². The number of hydrogen-bond donors (Lipinski definition) is 0. The normalized spacial score (nSPS) is 28.4. The minimum absolute atomic E-state index is 0.0117. The average molecular weight is 383 g/mol. The fourth-order valence-electron chi connectivity index (χ4n) is 3.08. The Hall–Kier alpha value is -1.80. The van der Waals surface area contributed by atoms with Gasteiger partial charge in [0.2, 0.25) is 0 Å². The molecule has 0 aromatic carbocycles. The molecule has 1 aromatic heterocycles. The van der Waals surface area contributed by atoms with Crippen LogP contribution in [0.2, 0.25) is 0 Å². The number of carbonyl (C=O) groups excluding carboxylic acids is 3. The first-order valence-corrected chi connectivity index (χ1v) is 9.42. The van der Waals surface area contributed by atoms with Crippen LogP contribution in [0.1, 0.15) is 49.3 Å². The standard InChI is InChI=1S/C18H25NO6S/c1-9-10(2)18(24-13(5)22)15(8-23-12(4)21)25-14(9)6-17-19-7-16(26-17)11(3)20/h7,9-10,14-15,18H,6,8H2,1-5H3/t9-,10+,14+,15+,18-/m0/s1. The number of nitrogens with zero attached hydrogens (tertiary/aromatic N) is 1. The summed E-state index contributed by atoms with van der Waals surface area (Å²) in [7, 11) is 0. The number of hydrogen-bond acceptors (Lipinski definition) is 8. The van der Waals surface area contributed by atoms with Crippen molar-refractivity contribution in [2.24, 2.45) is 11.8 Å². The van der Waals surface area contributed by atoms with E-state index in [-0.39, 0.29) is 30.3 Å². The molecule has 2 rings (SSSR count). The molecule has 0 aliphatic carbocycles. The highest BCUT2D eigenvalue weighted by molar-refractivity contribution is 7.13. The first-order valence-electron chi connectivity index (χ1n) is 8.60. The van der Waals surface area contributed by atoms with Crippen LogP contribution in [-0.4, -0.2) is 47.6 Å². The van der Waals surface area contributed by atoms with Crippen LogP contribution in [0.15, 0.2) is 6.20 Å². The molecule has 8 heteroatoms. The number of ether oxygens (including phenoxy) is 3. The predicted molar refractivity (Wildman–Crippen MR) is 95.0 cm³/mol. The molecule has 0 bridgehead atoms. The van der Waals surface area contributed by atoms with Crippen LogP contribution >= 0.6 is 11.3 Å². The zero-order valence-corrected chi connectivity index (χ0v) is 16.5. The van der Waals surface area contributed by atoms with Crippen molar-refractivity contribution in [1.29, 1.82) is 0 Å². The summed E-state index contributed by atoms with van der Waals surface area (Å²) < 4.78 is 16.7. The zero-order chi connectivity index (χ0) is 19.4. The molecular formula is C18H25NO6S. The Labute approximate surface area is 157 Å². The first-order chi connectivity index (χ1) is 12.2. The number of esters is 2. The number of ketones is 1. The lowest BCUT2D eigenvalue weighted by atomic mass is 9.80. The van der Waals surface area contributed by atoms with Gasteiger partial charge in [0.05, 0.1) is 16.0 Å². The minimum atomic E-state index is -0.536. The highest BCUT2D eigenvalue weighted by atomic mass is 32.1. The number of thiazole rings is 1. The Morgan fingerprint density at radius 1 is 1.12 bits per heavy atom. The van der Waals surface area contributed by atoms with Crippen molar-refractivity contribution < 1.29 is 28.6 Å². The molecule has 0 radical (unpaired) electrons. The highest BCUT2D eigenvalue weighted by Gasteiger charge is 2.44. The van der Waals surface area contributed by atoms with Gasteiger partial charge in [0, 0.05) is 39.3 Å². The molecule has 2 heterocycles. The van der Waals surface area contributed by atoms with E-state index in [1.807, 2.05) is 13.8 Å². The van der Waals surface area contributed by atoms with Crippen LogP contribution in [-0.2, 0) is 30.2 Å². The summed E-state index contributed by atoms with van der Waals surface area (Å²) in [6.07, 6.45) is 0.932. The maximum Gasteiger partial charge on any atom is 0.303 e. The SMILES string of the molecule is CC(=O)OC[C@H]1O[C@H](Cc2ncc(C(C)=O)s2)[C@@H](C)[C@@H](C)[C@@H]1OC(C)=O. The van der Waals surface area contributed by atoms with E-state index in [9.17, 15) is 14.4 Å². The molecule has 1 aliphatic rings. The number of Topliss-reactive ketones (excluding diaryl/α,β-unsaturated/α-hetero) is 1. The van der Waals surface area contributed by atoms with Crippen molar-refractivity contribution in [2.45, 2.75) is 59.4 Å². The third kappa shape index (κ3) is 5.11. The van der Waals surface area contributed by atoms with Gasteiger partial charge in [-0.2, -0.15) is 0 Å². The van der Waals surface area contributed by atoms with E-state index in [1.54, 1.807) is 6.20 Å². The summed E-state index contributed by atoms with van der Waals surface area (Å²) in [5.41, 5.74) is 0. The summed E-state index contributed by atoms with van der Waals surface area (Å²) in [6.45, 7) is 8.25. The molecule has 144 valence electrons. The topological polar surface area (TPSA) is 91.8 Å². The lowest BCUT2D eigenvalue weighted by molar-refractivity contribution is -0.205. The molecule has 0 spiro atoms. The zero-order valence-electron chi connectivity index (χ0n) is 15.7. The Balaban J connectivity index is 2.15. The van der Waals surface area contributed by atoms with Crippen molar-refractivity contribution in [1.82, 2.24) is 4.98 Å². The van der Waals surface area contributed by atoms with Crippen molar-refractivity contribution in [3.8, 4) is 0 Å². The summed E-state index contributed by atoms with van der Waals surface area (Å²) >= 11 is 1.36. The maximum atomic E-state index is 11.5. The summed E-state index contributed by atoms with van der Waals surface area (Å²) in [5, 5.41) is 0.816. The Kier molecular flexibility index (Phi) is 6.88. The van der Waals surface area contributed by atoms with E-state index in [0.717, 1.165) is 5.01 Å². The van der Waals surface area contributed by atoms with Gasteiger partial charge in [0.25, 0.3) is 0 Å². The molecule has 7 nitrogen and oxygen atoms in total. The second kappa shape index (κ2) is 8.73. The molecule has 1 aliphatic heterocycles. The van der Waals surface area contributed by atoms with E-state index in [2.05, 4.69) is 4.98 Å². The van der Waals surface area contributed by atoms with Gasteiger partial charge >= 0.3 is 11.9 Å². The largest absolute Gasteiger partial charge is 0.463 e. The van der Waals surface area contributed by atoms with Crippen LogP contribution in [0.25, 0.3) is 0 Å². The molecule has 0 unspecified atom stereocenters. The van der Waals surface area contributed by atoms with Crippen LogP contribution in [0, 0.1) is 11.8 Å². The fraction of sp³-hybridized carbons (Fsp3) is 0.667. The molecule has 1 saturated heterocycles. The smallest absolute Gasteiger partial charge is 0.303 e. The van der Waals surface area contributed by atoms with Gasteiger partial charge in [-0.15, -0.1) is 11.3 Å². The molecule has 1 aromatic rings. The molecule has 5 atom stereocenters. The van der Waals surface area contributed by atoms with Crippen molar-refractivity contribution >= 4 is 29.1 Å². The van der Waals surface area contributed by atoms with Gasteiger partial charge < -0.3 is 14.2 Å². The third-order valence-electron chi connectivity index (χ3n) is 4.68. The molecule has 0 saturated carbocycles. The van der Waals surface area contributed by atoms with Gasteiger partial charge in [-0.1, -0.05) is 13.8 Å². The average Bonchev–Trinajstić information content (AvgIpc) is 3.01. The van der Waals surface area contributed by atoms with E-state index >= 15 is 0 Å². The first kappa shape index (κ1) is 20.5. The van der Waals surface area contributed by atoms with Crippen molar-refractivity contribution in [3.05, 3.63) is 16.1 Å². The maximum absolute atomic E-state index is 11.5. The second-order valence-corrected chi connectivity index (χ2v) is 7.80. The number of rotatable bonds is 6. The van der Waals surface area contributed by atoms with E-state index in [4.69, 9.17) is 14.2 Å². The quantitative estimate of drug-likeness (QED) is 0.550. The van der Waals surface area contributed by atoms with Gasteiger partial charge in [-0.3, -0.25) is 14.4 Å². The Morgan fingerprint density at radius 3 is 2.35 bits per heavy atom. The van der Waals surface area contributed by atoms with Crippen LogP contribution in [0.4, 0.5) is 0 Å². The molecule has 0 N–H and O–H groups in total. The minimum Gasteiger partial charge on any atom is -0.463 e. The number of carbonyl (C=O) groups is 3. The molecular weight excluding hydrogens is 358 g/mol. The van der Waals surface area contributed by atoms with Crippen molar-refractivity contribution in [2.75, 3.05) is 6.61 Å². The van der Waals surface area contributed by atoms with Crippen LogP contribution < -0.4 is 0 Å². The van der Waals surface area contributed by atoms with E-state index in [0.29, 0.717) is 11.3 Å². The molecule has 26 heavy (non-hydrogen) atoms. The van der Waals surface area contributed by atoms with E-state index < -0.39 is 24.1 Å². The summed E-state index contributed by atoms with van der Waals surface area (Å²) in [4.78, 5) is 39.0. The fourth-order valence-corrected chi connectivity index (χ4v) is 3.94. The Bertz CT molecular complexity index is 672. The van der Waals surface area contributed by atoms with Crippen LogP contribution in [0.3, 0.4) is 0 Å². The number of aromatic nitrogens is 1. The van der Waals surface area contributed by atoms with Crippen LogP contribution in [0.5, 0.6) is 0 Å². The third-order valence-corrected chi connectivity index (χ3v) is 5.80. The lowest BCUT2D eigenvalue weighted by Crippen LogP contribution is -2.53. The summed E-state index contributed by atoms with van der Waals surface area (Å²) in [5.74, 6) is -0.704. The Morgan fingerprint density at radius 2 is 1.81 bits per heavy atom. The van der Waals surface area contributed by atoms with E-state index in [1.165, 1.54) is 32.1 Å². The van der Waals surface area contributed by atoms with Crippen molar-refractivity contribution in [3.63, 3.8) is 0 Å². The molecule has 0 amide bonds. The lowest BCUT2D eigenvalue weighted by Gasteiger charge is -2.43. The predicted octanol–water partition coefficient (Wildman–Crippen LogP) is 2.42. The monoisotopic (exact) mass is 383 g/mol. The second-order valence-electron chi connectivity index (χ2n) is 6.69. The highest BCUT2D eigenvalue weighted by Crippen LogP contribution is 2.35. The summed E-state index contributed by atoms with van der Waals surface area (Å²) in [6, 6.07) is 0.